The molecule has 6 nitrogen and oxygen atoms in total. The average molecular weight is 507 g/mol. The molecule has 0 bridgehead atoms. The van der Waals surface area contributed by atoms with Gasteiger partial charge in [0.25, 0.3) is 0 Å². The van der Waals surface area contributed by atoms with Crippen LogP contribution in [0.25, 0.3) is 11.3 Å². The fourth-order valence-electron chi connectivity index (χ4n) is 3.23. The number of hydrogen-bond acceptors (Lipinski definition) is 4. The van der Waals surface area contributed by atoms with Crippen LogP contribution in [0.5, 0.6) is 0 Å². The van der Waals surface area contributed by atoms with Gasteiger partial charge in [0.05, 0.1) is 6.54 Å². The van der Waals surface area contributed by atoms with E-state index in [-0.39, 0.29) is 29.8 Å². The number of anilines is 1. The van der Waals surface area contributed by atoms with Gasteiger partial charge in [-0.2, -0.15) is 0 Å². The lowest BCUT2D eigenvalue weighted by atomic mass is 10.2. The number of guanidine groups is 1. The van der Waals surface area contributed by atoms with Crippen LogP contribution in [-0.4, -0.2) is 42.2 Å². The van der Waals surface area contributed by atoms with Crippen LogP contribution >= 0.6 is 24.0 Å². The molecule has 1 aliphatic heterocycles. The molecule has 2 aromatic carbocycles. The van der Waals surface area contributed by atoms with Crippen LogP contribution < -0.4 is 10.6 Å². The van der Waals surface area contributed by atoms with Gasteiger partial charge in [-0.25, -0.2) is 9.38 Å². The van der Waals surface area contributed by atoms with E-state index in [1.165, 1.54) is 12.1 Å². The predicted octanol–water partition coefficient (Wildman–Crippen LogP) is 3.74. The summed E-state index contributed by atoms with van der Waals surface area (Å²) < 4.78 is 18.5. The third-order valence-electron chi connectivity index (χ3n) is 4.82. The maximum Gasteiger partial charge on any atom is 0.191 e. The smallest absolute Gasteiger partial charge is 0.191 e. The van der Waals surface area contributed by atoms with Gasteiger partial charge in [-0.1, -0.05) is 35.5 Å². The molecular weight excluding hydrogens is 484 g/mol. The first-order chi connectivity index (χ1) is 13.7. The first-order valence-electron chi connectivity index (χ1n) is 9.25. The maximum absolute atomic E-state index is 13.1. The number of hydrogen-bond donors (Lipinski definition) is 1. The number of benzene rings is 2. The molecule has 0 amide bonds. The van der Waals surface area contributed by atoms with Crippen molar-refractivity contribution >= 4 is 35.6 Å². The second kappa shape index (κ2) is 9.73. The summed E-state index contributed by atoms with van der Waals surface area (Å²) in [7, 11) is 0. The highest BCUT2D eigenvalue weighted by atomic mass is 127. The summed E-state index contributed by atoms with van der Waals surface area (Å²) in [6.45, 7) is 3.52. The molecule has 0 spiro atoms. The summed E-state index contributed by atoms with van der Waals surface area (Å²) in [5.41, 5.74) is 8.91. The second-order valence-corrected chi connectivity index (χ2v) is 6.67. The van der Waals surface area contributed by atoms with Crippen LogP contribution in [0.4, 0.5) is 10.1 Å². The molecule has 3 aromatic rings. The number of rotatable bonds is 4. The van der Waals surface area contributed by atoms with E-state index in [0.717, 1.165) is 48.9 Å². The average Bonchev–Trinajstić information content (AvgIpc) is 3.22. The van der Waals surface area contributed by atoms with Crippen molar-refractivity contribution in [3.05, 3.63) is 72.2 Å². The van der Waals surface area contributed by atoms with E-state index in [1.807, 2.05) is 36.4 Å². The Morgan fingerprint density at radius 2 is 1.72 bits per heavy atom. The third-order valence-corrected chi connectivity index (χ3v) is 4.82. The standard InChI is InChI=1S/C21H22FN5O.HI/c22-17-6-8-19(9-7-17)26-10-12-27(13-11-26)21(23)24-15-18-14-20(28-25-18)16-4-2-1-3-5-16;/h1-9,14H,10-13,15H2,(H2,23,24);1H. The lowest BCUT2D eigenvalue weighted by Crippen LogP contribution is -2.51. The normalized spacial score (nSPS) is 14.6. The van der Waals surface area contributed by atoms with Gasteiger partial charge in [0, 0.05) is 43.5 Å². The molecule has 0 saturated carbocycles. The lowest BCUT2D eigenvalue weighted by molar-refractivity contribution is 0.380. The lowest BCUT2D eigenvalue weighted by Gasteiger charge is -2.36. The molecule has 0 atom stereocenters. The summed E-state index contributed by atoms with van der Waals surface area (Å²) >= 11 is 0. The number of aliphatic imine (C=N–C) groups is 1. The molecule has 1 saturated heterocycles. The SMILES string of the molecule is I.NC(=NCc1cc(-c2ccccc2)on1)N1CCN(c2ccc(F)cc2)CC1. The molecule has 0 radical (unpaired) electrons. The minimum atomic E-state index is -0.220. The maximum atomic E-state index is 13.1. The fourth-order valence-corrected chi connectivity index (χ4v) is 3.23. The molecule has 1 fully saturated rings. The van der Waals surface area contributed by atoms with Crippen LogP contribution in [0, 0.1) is 5.82 Å². The monoisotopic (exact) mass is 507 g/mol. The minimum absolute atomic E-state index is 0. The molecule has 1 aromatic heterocycles. The minimum Gasteiger partial charge on any atom is -0.370 e. The zero-order valence-corrected chi connectivity index (χ0v) is 18.2. The number of aromatic nitrogens is 1. The van der Waals surface area contributed by atoms with Gasteiger partial charge < -0.3 is 20.1 Å². The zero-order valence-electron chi connectivity index (χ0n) is 15.9. The first-order valence-corrected chi connectivity index (χ1v) is 9.25. The number of piperazine rings is 1. The van der Waals surface area contributed by atoms with Crippen molar-refractivity contribution < 1.29 is 8.91 Å². The van der Waals surface area contributed by atoms with Crippen molar-refractivity contribution in [1.82, 2.24) is 10.1 Å². The molecule has 2 N–H and O–H groups in total. The predicted molar refractivity (Wildman–Crippen MR) is 123 cm³/mol. The molecule has 2 heterocycles. The Balaban J connectivity index is 0.00000240. The van der Waals surface area contributed by atoms with Crippen LogP contribution in [0.3, 0.4) is 0 Å². The van der Waals surface area contributed by atoms with Crippen molar-refractivity contribution in [3.8, 4) is 11.3 Å². The Hall–Kier alpha value is -2.62. The first kappa shape index (κ1) is 21.1. The van der Waals surface area contributed by atoms with Gasteiger partial charge >= 0.3 is 0 Å². The Morgan fingerprint density at radius 3 is 2.41 bits per heavy atom. The largest absolute Gasteiger partial charge is 0.370 e. The third kappa shape index (κ3) is 5.26. The van der Waals surface area contributed by atoms with E-state index in [0.29, 0.717) is 12.5 Å². The van der Waals surface area contributed by atoms with Crippen LogP contribution in [0.1, 0.15) is 5.69 Å². The van der Waals surface area contributed by atoms with Crippen molar-refractivity contribution in [2.24, 2.45) is 10.7 Å². The van der Waals surface area contributed by atoms with E-state index >= 15 is 0 Å². The van der Waals surface area contributed by atoms with Crippen molar-refractivity contribution in [1.29, 1.82) is 0 Å². The van der Waals surface area contributed by atoms with Crippen molar-refractivity contribution in [2.45, 2.75) is 6.54 Å². The number of halogens is 2. The van der Waals surface area contributed by atoms with E-state index in [9.17, 15) is 4.39 Å². The van der Waals surface area contributed by atoms with E-state index < -0.39 is 0 Å². The summed E-state index contributed by atoms with van der Waals surface area (Å²) in [4.78, 5) is 8.73. The molecule has 0 aliphatic carbocycles. The second-order valence-electron chi connectivity index (χ2n) is 6.67. The number of nitrogens with zero attached hydrogens (tertiary/aromatic N) is 4. The van der Waals surface area contributed by atoms with Crippen LogP contribution in [0.15, 0.2) is 70.2 Å². The highest BCUT2D eigenvalue weighted by Crippen LogP contribution is 2.20. The molecule has 152 valence electrons. The van der Waals surface area contributed by atoms with Crippen LogP contribution in [0.2, 0.25) is 0 Å². The Morgan fingerprint density at radius 1 is 1.03 bits per heavy atom. The van der Waals surface area contributed by atoms with E-state index in [1.54, 1.807) is 12.1 Å². The Kier molecular flexibility index (Phi) is 7.08. The zero-order chi connectivity index (χ0) is 19.3. The topological polar surface area (TPSA) is 70.9 Å². The van der Waals surface area contributed by atoms with Crippen molar-refractivity contribution in [2.75, 3.05) is 31.1 Å². The van der Waals surface area contributed by atoms with Gasteiger partial charge in [0.2, 0.25) is 0 Å². The summed E-state index contributed by atoms with van der Waals surface area (Å²) in [6.07, 6.45) is 0. The van der Waals surface area contributed by atoms with Gasteiger partial charge in [0.15, 0.2) is 11.7 Å². The molecule has 0 unspecified atom stereocenters. The summed E-state index contributed by atoms with van der Waals surface area (Å²) in [5.74, 6) is 1.00. The van der Waals surface area contributed by atoms with Gasteiger partial charge in [-0.15, -0.1) is 24.0 Å². The molecule has 1 aliphatic rings. The van der Waals surface area contributed by atoms with Gasteiger partial charge in [0.1, 0.15) is 11.5 Å². The highest BCUT2D eigenvalue weighted by molar-refractivity contribution is 14.0. The fraction of sp³-hybridized carbons (Fsp3) is 0.238. The van der Waals surface area contributed by atoms with Crippen molar-refractivity contribution in [3.63, 3.8) is 0 Å². The van der Waals surface area contributed by atoms with E-state index in [4.69, 9.17) is 10.3 Å². The summed E-state index contributed by atoms with van der Waals surface area (Å²) in [5, 5.41) is 4.07. The Labute approximate surface area is 186 Å². The quantitative estimate of drug-likeness (QED) is 0.331. The molecule has 29 heavy (non-hydrogen) atoms. The number of nitrogens with two attached hydrogens (primary N) is 1. The highest BCUT2D eigenvalue weighted by Gasteiger charge is 2.18. The summed E-state index contributed by atoms with van der Waals surface area (Å²) in [6, 6.07) is 18.3. The molecule has 8 heteroatoms. The van der Waals surface area contributed by atoms with E-state index in [2.05, 4.69) is 19.9 Å². The van der Waals surface area contributed by atoms with Crippen LogP contribution in [-0.2, 0) is 6.54 Å². The van der Waals surface area contributed by atoms with Gasteiger partial charge in [-0.05, 0) is 24.3 Å². The Bertz CT molecular complexity index is 937. The van der Waals surface area contributed by atoms with Gasteiger partial charge in [-0.3, -0.25) is 0 Å². The molecule has 4 rings (SSSR count). The molecular formula is C21H23FIN5O.